The van der Waals surface area contributed by atoms with Crippen molar-refractivity contribution in [2.75, 3.05) is 5.32 Å². The van der Waals surface area contributed by atoms with E-state index in [2.05, 4.69) is 5.32 Å². The van der Waals surface area contributed by atoms with Crippen LogP contribution in [0.3, 0.4) is 0 Å². The van der Waals surface area contributed by atoms with Crippen LogP contribution in [-0.2, 0) is 3.74 Å². The fourth-order valence-electron chi connectivity index (χ4n) is 1.34. The number of rotatable bonds is 3. The summed E-state index contributed by atoms with van der Waals surface area (Å²) < 4.78 is 33.8. The van der Waals surface area contributed by atoms with Gasteiger partial charge in [-0.25, -0.2) is 0 Å². The first-order valence-electron chi connectivity index (χ1n) is 4.98. The minimum atomic E-state index is -4.86. The summed E-state index contributed by atoms with van der Waals surface area (Å²) in [7, 11) is 0. The number of carbonyl (C=O) groups is 1. The average Bonchev–Trinajstić information content (AvgIpc) is 2.82. The van der Waals surface area contributed by atoms with Gasteiger partial charge in [-0.15, -0.1) is 0 Å². The summed E-state index contributed by atoms with van der Waals surface area (Å²) in [5.74, 6) is -0.257. The number of hydrogen-bond donors (Lipinski definition) is 3. The Bertz CT molecular complexity index is 584. The van der Waals surface area contributed by atoms with E-state index in [4.69, 9.17) is 12.6 Å². The molecule has 1 amide bonds. The van der Waals surface area contributed by atoms with E-state index in [1.165, 1.54) is 36.6 Å². The number of benzene rings is 1. The third-order valence-corrected chi connectivity index (χ3v) is 4.24. The molecule has 1 heterocycles. The van der Waals surface area contributed by atoms with Gasteiger partial charge in [0.05, 0.1) is 0 Å². The van der Waals surface area contributed by atoms with Crippen LogP contribution in [0.2, 0.25) is 0 Å². The predicted molar refractivity (Wildman–Crippen MR) is 63.6 cm³/mol. The molecular formula is C11H10AsNO5. The second-order valence-electron chi connectivity index (χ2n) is 3.52. The van der Waals surface area contributed by atoms with Crippen LogP contribution in [0.15, 0.2) is 47.1 Å². The first-order valence-corrected chi connectivity index (χ1v) is 8.36. The van der Waals surface area contributed by atoms with Gasteiger partial charge in [0.25, 0.3) is 0 Å². The van der Waals surface area contributed by atoms with E-state index >= 15 is 0 Å². The molecule has 18 heavy (non-hydrogen) atoms. The molecule has 0 aliphatic heterocycles. The first-order chi connectivity index (χ1) is 8.47. The van der Waals surface area contributed by atoms with Gasteiger partial charge in [-0.2, -0.15) is 0 Å². The molecule has 2 rings (SSSR count). The number of amides is 1. The maximum atomic E-state index is 11.6. The van der Waals surface area contributed by atoms with Crippen molar-refractivity contribution in [2.45, 2.75) is 0 Å². The minimum absolute atomic E-state index is 0.0378. The molecule has 94 valence electrons. The molecule has 0 fully saturated rings. The van der Waals surface area contributed by atoms with Crippen LogP contribution in [0.4, 0.5) is 5.69 Å². The van der Waals surface area contributed by atoms with Crippen LogP contribution < -0.4 is 9.67 Å². The third kappa shape index (κ3) is 2.92. The number of anilines is 1. The van der Waals surface area contributed by atoms with Crippen molar-refractivity contribution in [3.63, 3.8) is 0 Å². The Balaban J connectivity index is 2.12. The topological polar surface area (TPSA) is 99.8 Å². The fraction of sp³-hybridized carbons (Fsp3) is 0. The summed E-state index contributed by atoms with van der Waals surface area (Å²) in [6.45, 7) is 0. The number of furan rings is 1. The van der Waals surface area contributed by atoms with Crippen LogP contribution in [0, 0.1) is 0 Å². The van der Waals surface area contributed by atoms with E-state index in [9.17, 15) is 8.53 Å². The summed E-state index contributed by atoms with van der Waals surface area (Å²) in [6.07, 6.45) is 1.38. The van der Waals surface area contributed by atoms with E-state index in [0.29, 0.717) is 5.69 Å². The van der Waals surface area contributed by atoms with Crippen LogP contribution >= 0.6 is 0 Å². The van der Waals surface area contributed by atoms with Crippen LogP contribution in [-0.4, -0.2) is 28.3 Å². The van der Waals surface area contributed by atoms with Crippen LogP contribution in [0.25, 0.3) is 0 Å². The molecule has 6 nitrogen and oxygen atoms in total. The number of hydrogen-bond acceptors (Lipinski definition) is 3. The van der Waals surface area contributed by atoms with E-state index in [0.717, 1.165) is 0 Å². The molecule has 0 radical (unpaired) electrons. The van der Waals surface area contributed by atoms with Gasteiger partial charge < -0.3 is 0 Å². The Hall–Kier alpha value is -1.75. The summed E-state index contributed by atoms with van der Waals surface area (Å²) >= 11 is -4.86. The summed E-state index contributed by atoms with van der Waals surface area (Å²) in [5, 5.41) is 2.54. The van der Waals surface area contributed by atoms with Crippen LogP contribution in [0.5, 0.6) is 0 Å². The average molecular weight is 311 g/mol. The van der Waals surface area contributed by atoms with Crippen molar-refractivity contribution in [3.8, 4) is 0 Å². The zero-order valence-electron chi connectivity index (χ0n) is 9.11. The fourth-order valence-corrected chi connectivity index (χ4v) is 2.47. The number of carbonyl (C=O) groups excluding carboxylic acids is 1. The van der Waals surface area contributed by atoms with Crippen molar-refractivity contribution in [3.05, 3.63) is 48.4 Å². The van der Waals surface area contributed by atoms with Gasteiger partial charge in [-0.1, -0.05) is 0 Å². The van der Waals surface area contributed by atoms with Gasteiger partial charge in [0.1, 0.15) is 0 Å². The first kappa shape index (κ1) is 12.7. The molecule has 0 spiro atoms. The quantitative estimate of drug-likeness (QED) is 0.698. The Morgan fingerprint density at radius 3 is 2.33 bits per heavy atom. The van der Waals surface area contributed by atoms with E-state index in [1.54, 1.807) is 6.07 Å². The summed E-state index contributed by atoms with van der Waals surface area (Å²) in [5.41, 5.74) is 0.434. The molecule has 3 N–H and O–H groups in total. The van der Waals surface area contributed by atoms with Crippen molar-refractivity contribution in [1.29, 1.82) is 0 Å². The zero-order chi connectivity index (χ0) is 13.2. The SMILES string of the molecule is O=C(Nc1ccc([As](=O)(O)O)cc1)c1ccco1. The normalized spacial score (nSPS) is 11.2. The maximum absolute atomic E-state index is 11.6. The van der Waals surface area contributed by atoms with Gasteiger partial charge in [-0.3, -0.25) is 0 Å². The molecule has 1 aromatic heterocycles. The van der Waals surface area contributed by atoms with Crippen molar-refractivity contribution in [2.24, 2.45) is 0 Å². The molecule has 0 atom stereocenters. The Morgan fingerprint density at radius 2 is 1.83 bits per heavy atom. The van der Waals surface area contributed by atoms with Crippen molar-refractivity contribution >= 4 is 30.1 Å². The predicted octanol–water partition coefficient (Wildman–Crippen LogP) is 0.0929. The second kappa shape index (κ2) is 4.86. The second-order valence-corrected chi connectivity index (χ2v) is 6.89. The van der Waals surface area contributed by atoms with E-state index in [1.807, 2.05) is 0 Å². The Kier molecular flexibility index (Phi) is 3.43. The molecule has 0 unspecified atom stereocenters. The van der Waals surface area contributed by atoms with E-state index in [-0.39, 0.29) is 10.1 Å². The standard InChI is InChI=1S/C11H10AsNO5/c14-11(10-2-1-7-18-10)13-9-5-3-8(4-6-9)12(15,16)17/h1-7H,(H,13,14)(H2,15,16,17). The molecule has 0 aliphatic rings. The van der Waals surface area contributed by atoms with Crippen molar-refractivity contribution < 1.29 is 21.1 Å². The van der Waals surface area contributed by atoms with E-state index < -0.39 is 20.1 Å². The summed E-state index contributed by atoms with van der Waals surface area (Å²) in [6, 6.07) is 8.54. The van der Waals surface area contributed by atoms with Crippen molar-refractivity contribution in [1.82, 2.24) is 0 Å². The molecule has 0 saturated carbocycles. The van der Waals surface area contributed by atoms with Gasteiger partial charge in [0.15, 0.2) is 0 Å². The molecule has 0 bridgehead atoms. The monoisotopic (exact) mass is 311 g/mol. The van der Waals surface area contributed by atoms with Gasteiger partial charge in [0, 0.05) is 0 Å². The summed E-state index contributed by atoms with van der Waals surface area (Å²) in [4.78, 5) is 11.6. The number of nitrogens with one attached hydrogen (secondary N) is 1. The molecular weight excluding hydrogens is 301 g/mol. The van der Waals surface area contributed by atoms with Gasteiger partial charge in [0.2, 0.25) is 0 Å². The molecule has 7 heteroatoms. The van der Waals surface area contributed by atoms with Crippen LogP contribution in [0.1, 0.15) is 10.6 Å². The molecule has 1 aromatic carbocycles. The Morgan fingerprint density at radius 1 is 1.17 bits per heavy atom. The Labute approximate surface area is 105 Å². The van der Waals surface area contributed by atoms with Gasteiger partial charge in [-0.05, 0) is 0 Å². The molecule has 0 saturated heterocycles. The molecule has 2 aromatic rings. The third-order valence-electron chi connectivity index (χ3n) is 2.21. The molecule has 0 aliphatic carbocycles. The zero-order valence-corrected chi connectivity index (χ0v) is 11.0. The van der Waals surface area contributed by atoms with Gasteiger partial charge >= 0.3 is 105 Å².